The second-order valence-electron chi connectivity index (χ2n) is 5.04. The van der Waals surface area contributed by atoms with E-state index in [4.69, 9.17) is 5.26 Å². The number of nitrogens with zero attached hydrogens (tertiary/aromatic N) is 2. The molecule has 0 bridgehead atoms. The lowest BCUT2D eigenvalue weighted by molar-refractivity contribution is 0.177. The van der Waals surface area contributed by atoms with Crippen molar-refractivity contribution in [2.24, 2.45) is 5.92 Å². The summed E-state index contributed by atoms with van der Waals surface area (Å²) in [7, 11) is 0. The predicted molar refractivity (Wildman–Crippen MR) is 69.4 cm³/mol. The van der Waals surface area contributed by atoms with Gasteiger partial charge in [-0.25, -0.2) is 4.39 Å². The first-order valence-electron chi connectivity index (χ1n) is 6.63. The van der Waals surface area contributed by atoms with Crippen LogP contribution in [-0.2, 0) is 6.54 Å². The Kier molecular flexibility index (Phi) is 4.33. The van der Waals surface area contributed by atoms with Crippen LogP contribution in [0.4, 0.5) is 4.39 Å². The summed E-state index contributed by atoms with van der Waals surface area (Å²) in [6.07, 6.45) is 3.96. The molecule has 0 aliphatic heterocycles. The lowest BCUT2D eigenvalue weighted by Crippen LogP contribution is -2.32. The van der Waals surface area contributed by atoms with Gasteiger partial charge in [0.15, 0.2) is 0 Å². The van der Waals surface area contributed by atoms with E-state index in [1.165, 1.54) is 25.3 Å². The Labute approximate surface area is 108 Å². The number of nitriles is 1. The topological polar surface area (TPSA) is 27.0 Å². The second-order valence-corrected chi connectivity index (χ2v) is 5.04. The highest BCUT2D eigenvalue weighted by molar-refractivity contribution is 5.32. The van der Waals surface area contributed by atoms with Crippen LogP contribution in [0.1, 0.15) is 37.3 Å². The van der Waals surface area contributed by atoms with E-state index in [0.717, 1.165) is 19.0 Å². The van der Waals surface area contributed by atoms with Gasteiger partial charge in [0.2, 0.25) is 0 Å². The zero-order chi connectivity index (χ0) is 13.0. The Morgan fingerprint density at radius 2 is 2.22 bits per heavy atom. The largest absolute Gasteiger partial charge is 0.299 e. The minimum Gasteiger partial charge on any atom is -0.299 e. The summed E-state index contributed by atoms with van der Waals surface area (Å²) >= 11 is 0. The van der Waals surface area contributed by atoms with Crippen LogP contribution in [0.15, 0.2) is 18.2 Å². The fourth-order valence-electron chi connectivity index (χ4n) is 2.33. The van der Waals surface area contributed by atoms with Gasteiger partial charge < -0.3 is 0 Å². The molecule has 3 heteroatoms. The number of hydrogen-bond donors (Lipinski definition) is 0. The summed E-state index contributed by atoms with van der Waals surface area (Å²) in [6.45, 7) is 4.76. The fraction of sp³-hybridized carbons (Fsp3) is 0.533. The Morgan fingerprint density at radius 3 is 2.72 bits per heavy atom. The molecule has 0 N–H and O–H groups in total. The van der Waals surface area contributed by atoms with Crippen molar-refractivity contribution in [3.63, 3.8) is 0 Å². The van der Waals surface area contributed by atoms with Gasteiger partial charge >= 0.3 is 0 Å². The third-order valence-electron chi connectivity index (χ3n) is 3.76. The standard InChI is InChI=1S/C15H19FN2/c1-2-18(10-12-4-3-5-12)11-14-7-6-13(9-17)8-15(14)16/h6-8,12H,2-5,10-11H2,1H3. The first kappa shape index (κ1) is 13.0. The van der Waals surface area contributed by atoms with Crippen LogP contribution in [0.5, 0.6) is 0 Å². The van der Waals surface area contributed by atoms with Crippen LogP contribution in [0.3, 0.4) is 0 Å². The monoisotopic (exact) mass is 246 g/mol. The quantitative estimate of drug-likeness (QED) is 0.797. The number of hydrogen-bond acceptors (Lipinski definition) is 2. The average Bonchev–Trinajstić information content (AvgIpc) is 2.33. The Hall–Kier alpha value is -1.40. The maximum atomic E-state index is 13.8. The average molecular weight is 246 g/mol. The third kappa shape index (κ3) is 3.08. The van der Waals surface area contributed by atoms with Gasteiger partial charge in [-0.3, -0.25) is 4.90 Å². The molecule has 0 radical (unpaired) electrons. The van der Waals surface area contributed by atoms with Gasteiger partial charge in [0.05, 0.1) is 11.6 Å². The van der Waals surface area contributed by atoms with Crippen molar-refractivity contribution in [3.8, 4) is 6.07 Å². The molecule has 0 atom stereocenters. The van der Waals surface area contributed by atoms with Crippen molar-refractivity contribution in [2.75, 3.05) is 13.1 Å². The molecular weight excluding hydrogens is 227 g/mol. The molecular formula is C15H19FN2. The van der Waals surface area contributed by atoms with Crippen molar-refractivity contribution in [3.05, 3.63) is 35.1 Å². The first-order chi connectivity index (χ1) is 8.72. The smallest absolute Gasteiger partial charge is 0.129 e. The fourth-order valence-corrected chi connectivity index (χ4v) is 2.33. The third-order valence-corrected chi connectivity index (χ3v) is 3.76. The van der Waals surface area contributed by atoms with E-state index >= 15 is 0 Å². The number of rotatable bonds is 5. The molecule has 1 aromatic carbocycles. The molecule has 0 saturated heterocycles. The molecule has 1 saturated carbocycles. The molecule has 18 heavy (non-hydrogen) atoms. The van der Waals surface area contributed by atoms with Gasteiger partial charge in [0.1, 0.15) is 5.82 Å². The number of benzene rings is 1. The summed E-state index contributed by atoms with van der Waals surface area (Å²) < 4.78 is 13.8. The molecule has 0 aromatic heterocycles. The van der Waals surface area contributed by atoms with Crippen molar-refractivity contribution in [2.45, 2.75) is 32.7 Å². The van der Waals surface area contributed by atoms with E-state index in [9.17, 15) is 4.39 Å². The molecule has 1 aliphatic carbocycles. The molecule has 1 aromatic rings. The van der Waals surface area contributed by atoms with Crippen LogP contribution < -0.4 is 0 Å². The van der Waals surface area contributed by atoms with E-state index in [2.05, 4.69) is 11.8 Å². The molecule has 0 amide bonds. The van der Waals surface area contributed by atoms with E-state index in [1.54, 1.807) is 12.1 Å². The van der Waals surface area contributed by atoms with E-state index in [1.807, 2.05) is 6.07 Å². The summed E-state index contributed by atoms with van der Waals surface area (Å²) in [5.74, 6) is 0.535. The summed E-state index contributed by atoms with van der Waals surface area (Å²) in [6, 6.07) is 6.71. The van der Waals surface area contributed by atoms with E-state index in [0.29, 0.717) is 17.7 Å². The van der Waals surface area contributed by atoms with Crippen molar-refractivity contribution >= 4 is 0 Å². The van der Waals surface area contributed by atoms with Crippen LogP contribution >= 0.6 is 0 Å². The summed E-state index contributed by atoms with van der Waals surface area (Å²) in [5, 5.41) is 8.71. The van der Waals surface area contributed by atoms with Crippen LogP contribution in [0.25, 0.3) is 0 Å². The molecule has 0 heterocycles. The lowest BCUT2D eigenvalue weighted by atomic mass is 9.85. The van der Waals surface area contributed by atoms with Crippen LogP contribution in [-0.4, -0.2) is 18.0 Å². The highest BCUT2D eigenvalue weighted by Gasteiger charge is 2.20. The number of halogens is 1. The minimum atomic E-state index is -0.263. The SMILES string of the molecule is CCN(Cc1ccc(C#N)cc1F)CC1CCC1. The Balaban J connectivity index is 2.00. The van der Waals surface area contributed by atoms with Gasteiger partial charge in [-0.1, -0.05) is 19.4 Å². The van der Waals surface area contributed by atoms with Crippen molar-refractivity contribution in [1.29, 1.82) is 5.26 Å². The van der Waals surface area contributed by atoms with Gasteiger partial charge in [-0.15, -0.1) is 0 Å². The highest BCUT2D eigenvalue weighted by Crippen LogP contribution is 2.27. The van der Waals surface area contributed by atoms with E-state index in [-0.39, 0.29) is 5.82 Å². The molecule has 0 unspecified atom stereocenters. The van der Waals surface area contributed by atoms with Crippen molar-refractivity contribution < 1.29 is 4.39 Å². The van der Waals surface area contributed by atoms with Gasteiger partial charge in [0, 0.05) is 18.7 Å². The van der Waals surface area contributed by atoms with Crippen molar-refractivity contribution in [1.82, 2.24) is 4.90 Å². The Morgan fingerprint density at radius 1 is 1.44 bits per heavy atom. The molecule has 2 nitrogen and oxygen atoms in total. The summed E-state index contributed by atoms with van der Waals surface area (Å²) in [5.41, 5.74) is 1.08. The second kappa shape index (κ2) is 5.97. The zero-order valence-electron chi connectivity index (χ0n) is 10.8. The molecule has 2 rings (SSSR count). The molecule has 0 spiro atoms. The molecule has 96 valence electrons. The molecule has 1 fully saturated rings. The van der Waals surface area contributed by atoms with Gasteiger partial charge in [0.25, 0.3) is 0 Å². The maximum Gasteiger partial charge on any atom is 0.129 e. The van der Waals surface area contributed by atoms with E-state index < -0.39 is 0 Å². The van der Waals surface area contributed by atoms with Gasteiger partial charge in [-0.05, 0) is 37.4 Å². The van der Waals surface area contributed by atoms with Crippen LogP contribution in [0.2, 0.25) is 0 Å². The normalized spacial score (nSPS) is 15.4. The summed E-state index contributed by atoms with van der Waals surface area (Å²) in [4.78, 5) is 2.29. The highest BCUT2D eigenvalue weighted by atomic mass is 19.1. The van der Waals surface area contributed by atoms with Crippen LogP contribution in [0, 0.1) is 23.1 Å². The Bertz CT molecular complexity index is 446. The molecule has 1 aliphatic rings. The first-order valence-corrected chi connectivity index (χ1v) is 6.63. The maximum absolute atomic E-state index is 13.8. The lowest BCUT2D eigenvalue weighted by Gasteiger charge is -2.31. The minimum absolute atomic E-state index is 0.263. The zero-order valence-corrected chi connectivity index (χ0v) is 10.8. The predicted octanol–water partition coefficient (Wildman–Crippen LogP) is 3.32. The van der Waals surface area contributed by atoms with Gasteiger partial charge in [-0.2, -0.15) is 5.26 Å².